The maximum Gasteiger partial charge on any atom is 0.220 e. The molecule has 2 aliphatic rings. The van der Waals surface area contributed by atoms with Crippen molar-refractivity contribution in [3.63, 3.8) is 0 Å². The second-order valence-electron chi connectivity index (χ2n) is 10.5. The van der Waals surface area contributed by atoms with Gasteiger partial charge >= 0.3 is 0 Å². The third-order valence-electron chi connectivity index (χ3n) is 7.75. The fourth-order valence-corrected chi connectivity index (χ4v) is 5.82. The lowest BCUT2D eigenvalue weighted by Crippen LogP contribution is -2.41. The molecule has 1 unspecified atom stereocenters. The number of benzene rings is 1. The quantitative estimate of drug-likeness (QED) is 0.520. The van der Waals surface area contributed by atoms with Crippen molar-refractivity contribution in [2.24, 2.45) is 17.6 Å². The third-order valence-corrected chi connectivity index (χ3v) is 7.75. The van der Waals surface area contributed by atoms with E-state index in [0.29, 0.717) is 24.4 Å². The fourth-order valence-electron chi connectivity index (χ4n) is 5.82. The van der Waals surface area contributed by atoms with Gasteiger partial charge < -0.3 is 15.6 Å². The van der Waals surface area contributed by atoms with Gasteiger partial charge in [0.2, 0.25) is 5.91 Å². The highest BCUT2D eigenvalue weighted by molar-refractivity contribution is 5.86. The van der Waals surface area contributed by atoms with Gasteiger partial charge in [-0.25, -0.2) is 0 Å². The molecule has 1 aromatic heterocycles. The van der Waals surface area contributed by atoms with Crippen LogP contribution in [0, 0.1) is 11.8 Å². The lowest BCUT2D eigenvalue weighted by molar-refractivity contribution is -0.122. The average molecular weight is 460 g/mol. The van der Waals surface area contributed by atoms with E-state index in [1.54, 1.807) is 0 Å². The van der Waals surface area contributed by atoms with Crippen LogP contribution in [0.3, 0.4) is 0 Å². The Labute approximate surface area is 200 Å². The third kappa shape index (κ3) is 6.08. The van der Waals surface area contributed by atoms with Gasteiger partial charge in [-0.2, -0.15) is 0 Å². The lowest BCUT2D eigenvalue weighted by atomic mass is 9.85. The summed E-state index contributed by atoms with van der Waals surface area (Å²) in [6.07, 6.45) is 13.8. The van der Waals surface area contributed by atoms with Crippen LogP contribution in [-0.2, 0) is 11.3 Å². The minimum absolute atomic E-state index is 0. The first-order valence-corrected chi connectivity index (χ1v) is 12.6. The van der Waals surface area contributed by atoms with E-state index >= 15 is 0 Å². The molecule has 178 valence electrons. The Morgan fingerprint density at radius 2 is 1.75 bits per heavy atom. The molecule has 0 bridgehead atoms. The van der Waals surface area contributed by atoms with Crippen molar-refractivity contribution < 1.29 is 4.79 Å². The minimum Gasteiger partial charge on any atom is -0.353 e. The molecule has 2 saturated carbocycles. The molecule has 3 N–H and O–H groups in total. The first kappa shape index (κ1) is 25.1. The van der Waals surface area contributed by atoms with Crippen LogP contribution in [0.15, 0.2) is 30.5 Å². The van der Waals surface area contributed by atoms with Gasteiger partial charge in [-0.15, -0.1) is 12.4 Å². The fraction of sp³-hybridized carbons (Fsp3) is 0.667. The summed E-state index contributed by atoms with van der Waals surface area (Å²) >= 11 is 0. The highest BCUT2D eigenvalue weighted by Gasteiger charge is 2.26. The zero-order chi connectivity index (χ0) is 21.8. The number of nitrogens with zero attached hydrogens (tertiary/aromatic N) is 1. The van der Waals surface area contributed by atoms with Gasteiger partial charge in [-0.3, -0.25) is 4.79 Å². The summed E-state index contributed by atoms with van der Waals surface area (Å²) < 4.78 is 2.48. The van der Waals surface area contributed by atoms with Crippen LogP contribution >= 0.6 is 12.4 Å². The average Bonchev–Trinajstić information content (AvgIpc) is 3.12. The molecule has 1 atom stereocenters. The smallest absolute Gasteiger partial charge is 0.220 e. The summed E-state index contributed by atoms with van der Waals surface area (Å²) in [7, 11) is 0. The molecule has 1 heterocycles. The molecular formula is C27H42ClN3O. The molecule has 1 amide bonds. The lowest BCUT2D eigenvalue weighted by Gasteiger charge is -2.28. The Balaban J connectivity index is 0.00000289. The SMILES string of the molecule is CC(C)C(CC(=O)NC1CCC(N)CC1)c1cn(CC2CCCCC2)c2ccccc12.Cl. The van der Waals surface area contributed by atoms with Crippen molar-refractivity contribution in [2.75, 3.05) is 0 Å². The van der Waals surface area contributed by atoms with Crippen molar-refractivity contribution in [1.29, 1.82) is 0 Å². The molecule has 0 spiro atoms. The Hall–Kier alpha value is -1.52. The number of halogens is 1. The number of para-hydroxylation sites is 1. The zero-order valence-corrected chi connectivity index (χ0v) is 20.7. The first-order chi connectivity index (χ1) is 15.0. The Kier molecular flexibility index (Phi) is 9.07. The predicted molar refractivity (Wildman–Crippen MR) is 136 cm³/mol. The number of hydrogen-bond donors (Lipinski definition) is 2. The molecule has 4 rings (SSSR count). The highest BCUT2D eigenvalue weighted by Crippen LogP contribution is 2.36. The summed E-state index contributed by atoms with van der Waals surface area (Å²) in [5.41, 5.74) is 8.71. The van der Waals surface area contributed by atoms with E-state index in [0.717, 1.165) is 38.1 Å². The highest BCUT2D eigenvalue weighted by atomic mass is 35.5. The number of nitrogens with two attached hydrogens (primary N) is 1. The molecule has 5 heteroatoms. The van der Waals surface area contributed by atoms with Gasteiger partial charge in [0, 0.05) is 42.1 Å². The second-order valence-corrected chi connectivity index (χ2v) is 10.5. The van der Waals surface area contributed by atoms with E-state index in [-0.39, 0.29) is 24.2 Å². The van der Waals surface area contributed by atoms with E-state index in [2.05, 4.69) is 54.2 Å². The zero-order valence-electron chi connectivity index (χ0n) is 19.9. The Morgan fingerprint density at radius 3 is 2.44 bits per heavy atom. The number of nitrogens with one attached hydrogen (secondary N) is 1. The molecule has 4 nitrogen and oxygen atoms in total. The Morgan fingerprint density at radius 1 is 1.06 bits per heavy atom. The molecule has 0 aliphatic heterocycles. The number of carbonyl (C=O) groups excluding carboxylic acids is 1. The summed E-state index contributed by atoms with van der Waals surface area (Å²) in [6.45, 7) is 5.62. The summed E-state index contributed by atoms with van der Waals surface area (Å²) in [5, 5.41) is 4.64. The van der Waals surface area contributed by atoms with Crippen molar-refractivity contribution in [3.8, 4) is 0 Å². The normalized spacial score (nSPS) is 23.1. The van der Waals surface area contributed by atoms with Crippen LogP contribution < -0.4 is 11.1 Å². The number of aromatic nitrogens is 1. The molecule has 2 aliphatic carbocycles. The van der Waals surface area contributed by atoms with Gasteiger partial charge in [0.15, 0.2) is 0 Å². The van der Waals surface area contributed by atoms with Crippen molar-refractivity contribution in [3.05, 3.63) is 36.0 Å². The number of carbonyl (C=O) groups is 1. The molecule has 2 fully saturated rings. The predicted octanol–water partition coefficient (Wildman–Crippen LogP) is 6.16. The van der Waals surface area contributed by atoms with Crippen molar-refractivity contribution in [1.82, 2.24) is 9.88 Å². The molecule has 0 radical (unpaired) electrons. The topological polar surface area (TPSA) is 60.1 Å². The molecular weight excluding hydrogens is 418 g/mol. The Bertz CT molecular complexity index is 863. The van der Waals surface area contributed by atoms with Crippen LogP contribution in [0.4, 0.5) is 0 Å². The molecule has 32 heavy (non-hydrogen) atoms. The van der Waals surface area contributed by atoms with Crippen LogP contribution in [-0.4, -0.2) is 22.6 Å². The van der Waals surface area contributed by atoms with Gasteiger partial charge in [-0.1, -0.05) is 51.3 Å². The molecule has 0 saturated heterocycles. The maximum absolute atomic E-state index is 13.0. The number of fused-ring (bicyclic) bond motifs is 1. The summed E-state index contributed by atoms with van der Waals surface area (Å²) in [6, 6.07) is 9.40. The van der Waals surface area contributed by atoms with Gasteiger partial charge in [0.1, 0.15) is 0 Å². The summed E-state index contributed by atoms with van der Waals surface area (Å²) in [4.78, 5) is 13.0. The van der Waals surface area contributed by atoms with Crippen LogP contribution in [0.2, 0.25) is 0 Å². The van der Waals surface area contributed by atoms with Crippen molar-refractivity contribution in [2.45, 2.75) is 103 Å². The van der Waals surface area contributed by atoms with E-state index in [1.807, 2.05) is 0 Å². The van der Waals surface area contributed by atoms with Crippen LogP contribution in [0.25, 0.3) is 10.9 Å². The standard InChI is InChI=1S/C27H41N3O.ClH/c1-19(2)24(16-27(31)29-22-14-12-21(28)13-15-22)25-18-30(17-20-8-4-3-5-9-20)26-11-7-6-10-23(25)26;/h6-7,10-11,18-22,24H,3-5,8-9,12-17,28H2,1-2H3,(H,29,31);1H. The molecule has 2 aromatic rings. The van der Waals surface area contributed by atoms with E-state index in [9.17, 15) is 4.79 Å². The largest absolute Gasteiger partial charge is 0.353 e. The maximum atomic E-state index is 13.0. The van der Waals surface area contributed by atoms with E-state index in [1.165, 1.54) is 48.6 Å². The number of amides is 1. The number of rotatable bonds is 7. The van der Waals surface area contributed by atoms with Gasteiger partial charge in [-0.05, 0) is 67.9 Å². The first-order valence-electron chi connectivity index (χ1n) is 12.6. The number of hydrogen-bond acceptors (Lipinski definition) is 2. The van der Waals surface area contributed by atoms with Crippen molar-refractivity contribution >= 4 is 29.2 Å². The summed E-state index contributed by atoms with van der Waals surface area (Å²) in [5.74, 6) is 1.64. The van der Waals surface area contributed by atoms with E-state index in [4.69, 9.17) is 5.73 Å². The van der Waals surface area contributed by atoms with Gasteiger partial charge in [0.05, 0.1) is 0 Å². The van der Waals surface area contributed by atoms with Crippen LogP contribution in [0.5, 0.6) is 0 Å². The second kappa shape index (κ2) is 11.6. The van der Waals surface area contributed by atoms with Crippen LogP contribution in [0.1, 0.15) is 89.5 Å². The monoisotopic (exact) mass is 459 g/mol. The van der Waals surface area contributed by atoms with E-state index < -0.39 is 0 Å². The molecule has 1 aromatic carbocycles. The van der Waals surface area contributed by atoms with Gasteiger partial charge in [0.25, 0.3) is 0 Å². The minimum atomic E-state index is 0.